The quantitative estimate of drug-likeness (QED) is 0.486. The Morgan fingerprint density at radius 3 is 2.84 bits per heavy atom. The molecule has 4 heterocycles. The van der Waals surface area contributed by atoms with Gasteiger partial charge in [-0.25, -0.2) is 8.78 Å². The first-order valence-electron chi connectivity index (χ1n) is 12.3. The lowest BCUT2D eigenvalue weighted by Crippen LogP contribution is -2.56. The molecule has 1 unspecified atom stereocenters. The van der Waals surface area contributed by atoms with Crippen LogP contribution in [-0.2, 0) is 5.75 Å². The van der Waals surface area contributed by atoms with Crippen LogP contribution in [0.25, 0.3) is 0 Å². The number of aromatic hydroxyl groups is 1. The van der Waals surface area contributed by atoms with Gasteiger partial charge < -0.3 is 14.7 Å². The van der Waals surface area contributed by atoms with Crippen LogP contribution >= 0.6 is 11.8 Å². The molecule has 2 bridgehead atoms. The first kappa shape index (κ1) is 21.5. The summed E-state index contributed by atoms with van der Waals surface area (Å²) in [6.07, 6.45) is 3.16. The molecule has 3 aliphatic heterocycles. The monoisotopic (exact) mass is 521 g/mol. The van der Waals surface area contributed by atoms with Crippen molar-refractivity contribution in [1.29, 1.82) is 0 Å². The molecular formula is C27H21F2N3O4S. The Hall–Kier alpha value is -3.53. The van der Waals surface area contributed by atoms with Crippen molar-refractivity contribution < 1.29 is 23.4 Å². The number of carbonyl (C=O) groups is 1. The van der Waals surface area contributed by atoms with E-state index in [0.29, 0.717) is 12.2 Å². The second-order valence-corrected chi connectivity index (χ2v) is 11.6. The summed E-state index contributed by atoms with van der Waals surface area (Å²) in [6.45, 7) is 0.516. The Morgan fingerprint density at radius 2 is 1.97 bits per heavy atom. The number of hydrogen-bond acceptors (Lipinski definition) is 6. The van der Waals surface area contributed by atoms with Gasteiger partial charge in [0.25, 0.3) is 5.91 Å². The molecule has 2 saturated carbocycles. The van der Waals surface area contributed by atoms with E-state index in [1.54, 1.807) is 4.90 Å². The van der Waals surface area contributed by atoms with Crippen LogP contribution in [0.2, 0.25) is 0 Å². The first-order valence-corrected chi connectivity index (χ1v) is 13.3. The Morgan fingerprint density at radius 1 is 1.14 bits per heavy atom. The second kappa shape index (κ2) is 7.06. The SMILES string of the molecule is O=C1c2c(O)c(=O)ccn2N2CN1C1C[C@@]13C[C@@H]3COc1cc(F)c(F)c3c1[C@H]2c1ccccc1SC3. The highest BCUT2D eigenvalue weighted by Gasteiger charge is 2.73. The van der Waals surface area contributed by atoms with Gasteiger partial charge in [-0.2, -0.15) is 0 Å². The van der Waals surface area contributed by atoms with Crippen molar-refractivity contribution in [2.75, 3.05) is 18.3 Å². The zero-order valence-electron chi connectivity index (χ0n) is 19.5. The van der Waals surface area contributed by atoms with E-state index in [-0.39, 0.29) is 46.8 Å². The van der Waals surface area contributed by atoms with E-state index in [1.165, 1.54) is 28.7 Å². The van der Waals surface area contributed by atoms with Crippen LogP contribution in [0.5, 0.6) is 11.5 Å². The molecule has 5 aliphatic rings. The highest BCUT2D eigenvalue weighted by atomic mass is 32.2. The molecule has 2 aromatic carbocycles. The van der Waals surface area contributed by atoms with Crippen molar-refractivity contribution in [2.24, 2.45) is 11.3 Å². The van der Waals surface area contributed by atoms with Crippen LogP contribution in [-0.4, -0.2) is 39.9 Å². The van der Waals surface area contributed by atoms with E-state index in [1.807, 2.05) is 29.3 Å². The minimum Gasteiger partial charge on any atom is -0.502 e. The molecule has 1 amide bonds. The van der Waals surface area contributed by atoms with Crippen LogP contribution in [0.15, 0.2) is 52.3 Å². The van der Waals surface area contributed by atoms with Gasteiger partial charge in [0.1, 0.15) is 18.5 Å². The number of amides is 1. The number of ether oxygens (including phenoxy) is 1. The standard InChI is InChI=1S/C27H21F2N3O4S/c28-16-7-18-21-15(22(16)29)11-37-19-4-2-1-3-14(19)23(21)32-12-30(20-9-27(20)8-13(27)10-36-18)26(35)24-25(34)17(33)5-6-31(24)32/h1-7,13,20,23,34H,8-12H2/t13-,20?,23-,27-/m1/s1. The van der Waals surface area contributed by atoms with Crippen LogP contribution in [0.4, 0.5) is 8.78 Å². The summed E-state index contributed by atoms with van der Waals surface area (Å²) in [5.74, 6) is -2.20. The van der Waals surface area contributed by atoms with Gasteiger partial charge >= 0.3 is 0 Å². The molecule has 188 valence electrons. The average molecular weight is 522 g/mol. The molecule has 1 aromatic heterocycles. The summed E-state index contributed by atoms with van der Waals surface area (Å²) < 4.78 is 38.1. The van der Waals surface area contributed by atoms with Gasteiger partial charge in [-0.1, -0.05) is 18.2 Å². The number of hydrogen-bond donors (Lipinski definition) is 1. The molecule has 3 aromatic rings. The third-order valence-electron chi connectivity index (χ3n) is 8.74. The maximum atomic E-state index is 15.4. The molecule has 7 nitrogen and oxygen atoms in total. The van der Waals surface area contributed by atoms with Gasteiger partial charge in [0.2, 0.25) is 5.43 Å². The topological polar surface area (TPSA) is 75.0 Å². The number of nitrogens with zero attached hydrogens (tertiary/aromatic N) is 3. The van der Waals surface area contributed by atoms with E-state index >= 15 is 4.39 Å². The Kier molecular flexibility index (Phi) is 4.11. The summed E-state index contributed by atoms with van der Waals surface area (Å²) in [5, 5.41) is 12.7. The zero-order chi connectivity index (χ0) is 25.2. The number of thioether (sulfide) groups is 1. The predicted octanol–water partition coefficient (Wildman–Crippen LogP) is 3.75. The van der Waals surface area contributed by atoms with E-state index in [0.717, 1.165) is 29.4 Å². The third-order valence-corrected chi connectivity index (χ3v) is 9.86. The van der Waals surface area contributed by atoms with E-state index in [9.17, 15) is 19.1 Å². The Bertz CT molecular complexity index is 1610. The van der Waals surface area contributed by atoms with Gasteiger partial charge in [-0.05, 0) is 29.9 Å². The zero-order valence-corrected chi connectivity index (χ0v) is 20.3. The first-order chi connectivity index (χ1) is 17.9. The van der Waals surface area contributed by atoms with Crippen molar-refractivity contribution in [3.63, 3.8) is 0 Å². The Labute approximate surface area is 214 Å². The smallest absolute Gasteiger partial charge is 0.278 e. The lowest BCUT2D eigenvalue weighted by molar-refractivity contribution is 0.0649. The summed E-state index contributed by atoms with van der Waals surface area (Å²) in [4.78, 5) is 28.8. The molecule has 8 rings (SSSR count). The molecular weight excluding hydrogens is 500 g/mol. The molecule has 2 fully saturated rings. The van der Waals surface area contributed by atoms with Crippen molar-refractivity contribution in [3.8, 4) is 11.5 Å². The molecule has 0 saturated heterocycles. The maximum Gasteiger partial charge on any atom is 0.278 e. The number of halogens is 2. The van der Waals surface area contributed by atoms with Crippen LogP contribution in [0.3, 0.4) is 0 Å². The molecule has 2 aliphatic carbocycles. The fourth-order valence-electron chi connectivity index (χ4n) is 6.68. The highest BCUT2D eigenvalue weighted by Crippen LogP contribution is 2.72. The van der Waals surface area contributed by atoms with Gasteiger partial charge in [-0.15, -0.1) is 11.8 Å². The summed E-state index contributed by atoms with van der Waals surface area (Å²) in [7, 11) is 0. The lowest BCUT2D eigenvalue weighted by atomic mass is 9.92. The van der Waals surface area contributed by atoms with Crippen molar-refractivity contribution in [1.82, 2.24) is 9.58 Å². The molecule has 37 heavy (non-hydrogen) atoms. The fourth-order valence-corrected chi connectivity index (χ4v) is 7.78. The number of benzene rings is 2. The molecule has 10 heteroatoms. The molecule has 1 N–H and O–H groups in total. The number of aromatic nitrogens is 1. The normalized spacial score (nSPS) is 28.4. The third kappa shape index (κ3) is 2.76. The van der Waals surface area contributed by atoms with Crippen LogP contribution in [0, 0.1) is 23.0 Å². The maximum absolute atomic E-state index is 15.4. The van der Waals surface area contributed by atoms with Gasteiger partial charge in [-0.3, -0.25) is 19.3 Å². The minimum absolute atomic E-state index is 0.0518. The number of fused-ring (bicyclic) bond motifs is 8. The summed E-state index contributed by atoms with van der Waals surface area (Å²) in [5.41, 5.74) is 0.732. The number of pyridine rings is 1. The Balaban J connectivity index is 1.46. The summed E-state index contributed by atoms with van der Waals surface area (Å²) >= 11 is 1.42. The predicted molar refractivity (Wildman–Crippen MR) is 130 cm³/mol. The summed E-state index contributed by atoms with van der Waals surface area (Å²) in [6, 6.07) is 9.27. The minimum atomic E-state index is -0.958. The van der Waals surface area contributed by atoms with E-state index in [4.69, 9.17) is 4.74 Å². The van der Waals surface area contributed by atoms with Gasteiger partial charge in [0.15, 0.2) is 23.1 Å². The van der Waals surface area contributed by atoms with E-state index in [2.05, 4.69) is 0 Å². The second-order valence-electron chi connectivity index (χ2n) is 10.5. The van der Waals surface area contributed by atoms with Crippen LogP contribution < -0.4 is 15.2 Å². The van der Waals surface area contributed by atoms with Crippen LogP contribution in [0.1, 0.15) is 46.1 Å². The highest BCUT2D eigenvalue weighted by molar-refractivity contribution is 7.98. The van der Waals surface area contributed by atoms with Crippen molar-refractivity contribution in [2.45, 2.75) is 35.6 Å². The fraction of sp³-hybridized carbons (Fsp3) is 0.333. The van der Waals surface area contributed by atoms with E-state index < -0.39 is 34.8 Å². The lowest BCUT2D eigenvalue weighted by Gasteiger charge is -2.44. The molecule has 4 atom stereocenters. The number of rotatable bonds is 0. The average Bonchev–Trinajstić information content (AvgIpc) is 3.79. The van der Waals surface area contributed by atoms with Crippen molar-refractivity contribution in [3.05, 3.63) is 86.8 Å². The molecule has 0 radical (unpaired) electrons. The van der Waals surface area contributed by atoms with Crippen molar-refractivity contribution >= 4 is 17.7 Å². The largest absolute Gasteiger partial charge is 0.502 e. The van der Waals surface area contributed by atoms with Gasteiger partial charge in [0.05, 0.1) is 6.61 Å². The number of carbonyl (C=O) groups excluding carboxylic acids is 1. The molecule has 1 spiro atoms. The van der Waals surface area contributed by atoms with Gasteiger partial charge in [0, 0.05) is 52.1 Å².